The second-order valence-electron chi connectivity index (χ2n) is 5.92. The Labute approximate surface area is 155 Å². The van der Waals surface area contributed by atoms with Crippen LogP contribution in [0.1, 0.15) is 27.1 Å². The van der Waals surface area contributed by atoms with Crippen LogP contribution in [0, 0.1) is 0 Å². The zero-order valence-electron chi connectivity index (χ0n) is 14.8. The molecular formula is C20H17NO6. The zero-order chi connectivity index (χ0) is 19.6. The molecule has 0 fully saturated rings. The van der Waals surface area contributed by atoms with Gasteiger partial charge in [0.1, 0.15) is 11.8 Å². The van der Waals surface area contributed by atoms with E-state index in [1.807, 2.05) is 0 Å². The quantitative estimate of drug-likeness (QED) is 0.441. The monoisotopic (exact) mass is 367 g/mol. The zero-order valence-corrected chi connectivity index (χ0v) is 14.8. The summed E-state index contributed by atoms with van der Waals surface area (Å²) in [6.07, 6.45) is -0.304. The SMILES string of the molecule is COC(=O)[C@H](CC(=O)c1ccccc1)N1C(=O)C(=O)c2cc(OC)ccc21. The van der Waals surface area contributed by atoms with E-state index in [1.54, 1.807) is 36.4 Å². The number of ketones is 2. The highest BCUT2D eigenvalue weighted by molar-refractivity contribution is 6.53. The van der Waals surface area contributed by atoms with Crippen molar-refractivity contribution in [2.75, 3.05) is 19.1 Å². The van der Waals surface area contributed by atoms with Crippen LogP contribution in [-0.4, -0.2) is 43.7 Å². The summed E-state index contributed by atoms with van der Waals surface area (Å²) in [7, 11) is 2.61. The number of anilines is 1. The van der Waals surface area contributed by atoms with Crippen molar-refractivity contribution in [2.45, 2.75) is 12.5 Å². The lowest BCUT2D eigenvalue weighted by Crippen LogP contribution is -2.46. The first-order valence-electron chi connectivity index (χ1n) is 8.20. The molecule has 1 aliphatic rings. The summed E-state index contributed by atoms with van der Waals surface area (Å²) in [5.41, 5.74) is 0.779. The molecule has 0 aromatic heterocycles. The molecule has 7 heteroatoms. The van der Waals surface area contributed by atoms with Crippen LogP contribution in [-0.2, 0) is 14.3 Å². The molecule has 3 rings (SSSR count). The molecule has 2 aromatic carbocycles. The van der Waals surface area contributed by atoms with Crippen molar-refractivity contribution >= 4 is 29.1 Å². The smallest absolute Gasteiger partial charge is 0.329 e. The van der Waals surface area contributed by atoms with Crippen LogP contribution in [0.25, 0.3) is 0 Å². The second kappa shape index (κ2) is 7.41. The number of methoxy groups -OCH3 is 2. The molecule has 27 heavy (non-hydrogen) atoms. The minimum absolute atomic E-state index is 0.125. The first-order valence-corrected chi connectivity index (χ1v) is 8.20. The van der Waals surface area contributed by atoms with Gasteiger partial charge in [0.15, 0.2) is 5.78 Å². The number of Topliss-reactive ketones (excluding diaryl/α,β-unsaturated/α-hetero) is 2. The lowest BCUT2D eigenvalue weighted by molar-refractivity contribution is -0.143. The summed E-state index contributed by atoms with van der Waals surface area (Å²) in [5.74, 6) is -2.34. The van der Waals surface area contributed by atoms with Crippen molar-refractivity contribution < 1.29 is 28.7 Å². The van der Waals surface area contributed by atoms with Crippen LogP contribution in [0.15, 0.2) is 48.5 Å². The number of nitrogens with zero attached hydrogens (tertiary/aromatic N) is 1. The highest BCUT2D eigenvalue weighted by atomic mass is 16.5. The van der Waals surface area contributed by atoms with Crippen LogP contribution in [0.4, 0.5) is 5.69 Å². The second-order valence-corrected chi connectivity index (χ2v) is 5.92. The van der Waals surface area contributed by atoms with Gasteiger partial charge < -0.3 is 9.47 Å². The summed E-state index contributed by atoms with van der Waals surface area (Å²) in [6.45, 7) is 0. The maximum Gasteiger partial charge on any atom is 0.329 e. The number of hydrogen-bond donors (Lipinski definition) is 0. The molecule has 0 N–H and O–H groups in total. The molecular weight excluding hydrogens is 350 g/mol. The molecule has 138 valence electrons. The first kappa shape index (κ1) is 18.3. The molecule has 0 aliphatic carbocycles. The van der Waals surface area contributed by atoms with Gasteiger partial charge in [-0.15, -0.1) is 0 Å². The van der Waals surface area contributed by atoms with Crippen molar-refractivity contribution in [3.05, 3.63) is 59.7 Å². The predicted molar refractivity (Wildman–Crippen MR) is 96.0 cm³/mol. The third-order valence-electron chi connectivity index (χ3n) is 4.38. The van der Waals surface area contributed by atoms with Crippen LogP contribution in [0.2, 0.25) is 0 Å². The van der Waals surface area contributed by atoms with Crippen molar-refractivity contribution in [3.8, 4) is 5.75 Å². The van der Waals surface area contributed by atoms with Gasteiger partial charge in [-0.25, -0.2) is 4.79 Å². The van der Waals surface area contributed by atoms with Gasteiger partial charge in [0.2, 0.25) is 0 Å². The van der Waals surface area contributed by atoms with Crippen LogP contribution < -0.4 is 9.64 Å². The number of amides is 1. The molecule has 0 saturated carbocycles. The summed E-state index contributed by atoms with van der Waals surface area (Å²) < 4.78 is 9.87. The standard InChI is InChI=1S/C20H17NO6/c1-26-13-8-9-15-14(10-13)18(23)19(24)21(15)16(20(25)27-2)11-17(22)12-6-4-3-5-7-12/h3-10,16H,11H2,1-2H3/t16-/m0/s1. The molecule has 1 amide bonds. The topological polar surface area (TPSA) is 90.0 Å². The van der Waals surface area contributed by atoms with E-state index in [-0.39, 0.29) is 23.5 Å². The van der Waals surface area contributed by atoms with E-state index in [9.17, 15) is 19.2 Å². The Bertz CT molecular complexity index is 921. The Hall–Kier alpha value is -3.48. The number of hydrogen-bond acceptors (Lipinski definition) is 6. The third kappa shape index (κ3) is 3.31. The Morgan fingerprint density at radius 2 is 1.74 bits per heavy atom. The van der Waals surface area contributed by atoms with E-state index < -0.39 is 23.7 Å². The summed E-state index contributed by atoms with van der Waals surface area (Å²) >= 11 is 0. The molecule has 0 spiro atoms. The van der Waals surface area contributed by atoms with E-state index in [0.717, 1.165) is 4.90 Å². The van der Waals surface area contributed by atoms with Gasteiger partial charge in [-0.1, -0.05) is 30.3 Å². The molecule has 0 bridgehead atoms. The lowest BCUT2D eigenvalue weighted by atomic mass is 10.0. The highest BCUT2D eigenvalue weighted by Gasteiger charge is 2.44. The van der Waals surface area contributed by atoms with E-state index in [1.165, 1.54) is 26.4 Å². The number of benzene rings is 2. The van der Waals surface area contributed by atoms with Gasteiger partial charge in [0.25, 0.3) is 11.7 Å². The Kier molecular flexibility index (Phi) is 5.03. The van der Waals surface area contributed by atoms with Gasteiger partial charge in [0.05, 0.1) is 25.5 Å². The first-order chi connectivity index (χ1) is 13.0. The summed E-state index contributed by atoms with van der Waals surface area (Å²) in [6, 6.07) is 11.7. The summed E-state index contributed by atoms with van der Waals surface area (Å²) in [4.78, 5) is 50.9. The van der Waals surface area contributed by atoms with Gasteiger partial charge in [-0.3, -0.25) is 19.3 Å². The summed E-state index contributed by atoms with van der Waals surface area (Å²) in [5, 5.41) is 0. The van der Waals surface area contributed by atoms with Crippen molar-refractivity contribution in [1.82, 2.24) is 0 Å². The van der Waals surface area contributed by atoms with E-state index in [0.29, 0.717) is 11.3 Å². The molecule has 7 nitrogen and oxygen atoms in total. The fraction of sp³-hybridized carbons (Fsp3) is 0.200. The van der Waals surface area contributed by atoms with Crippen molar-refractivity contribution in [1.29, 1.82) is 0 Å². The molecule has 0 radical (unpaired) electrons. The average Bonchev–Trinajstić information content (AvgIpc) is 2.96. The molecule has 1 heterocycles. The number of esters is 1. The minimum Gasteiger partial charge on any atom is -0.497 e. The van der Waals surface area contributed by atoms with E-state index in [2.05, 4.69) is 0 Å². The molecule has 1 aliphatic heterocycles. The fourth-order valence-electron chi connectivity index (χ4n) is 3.01. The third-order valence-corrected chi connectivity index (χ3v) is 4.38. The number of fused-ring (bicyclic) bond motifs is 1. The Balaban J connectivity index is 1.99. The Morgan fingerprint density at radius 1 is 1.04 bits per heavy atom. The maximum atomic E-state index is 12.6. The predicted octanol–water partition coefficient (Wildman–Crippen LogP) is 2.04. The maximum absolute atomic E-state index is 12.6. The Morgan fingerprint density at radius 3 is 2.37 bits per heavy atom. The number of carbonyl (C=O) groups is 4. The van der Waals surface area contributed by atoms with Crippen molar-refractivity contribution in [3.63, 3.8) is 0 Å². The molecule has 0 unspecified atom stereocenters. The number of ether oxygens (including phenoxy) is 2. The number of rotatable bonds is 6. The normalized spacial score (nSPS) is 13.9. The molecule has 2 aromatic rings. The molecule has 0 saturated heterocycles. The van der Waals surface area contributed by atoms with Gasteiger partial charge in [-0.2, -0.15) is 0 Å². The van der Waals surface area contributed by atoms with Gasteiger partial charge >= 0.3 is 5.97 Å². The van der Waals surface area contributed by atoms with Gasteiger partial charge in [-0.05, 0) is 18.2 Å². The van der Waals surface area contributed by atoms with Crippen LogP contribution >= 0.6 is 0 Å². The lowest BCUT2D eigenvalue weighted by Gasteiger charge is -2.25. The van der Waals surface area contributed by atoms with Crippen molar-refractivity contribution in [2.24, 2.45) is 0 Å². The van der Waals surface area contributed by atoms with E-state index in [4.69, 9.17) is 9.47 Å². The largest absolute Gasteiger partial charge is 0.497 e. The average molecular weight is 367 g/mol. The molecule has 1 atom stereocenters. The van der Waals surface area contributed by atoms with Crippen LogP contribution in [0.5, 0.6) is 5.75 Å². The fourth-order valence-corrected chi connectivity index (χ4v) is 3.01. The van der Waals surface area contributed by atoms with Gasteiger partial charge in [0, 0.05) is 12.0 Å². The van der Waals surface area contributed by atoms with E-state index >= 15 is 0 Å². The van der Waals surface area contributed by atoms with Crippen LogP contribution in [0.3, 0.4) is 0 Å². The number of carbonyl (C=O) groups excluding carboxylic acids is 4. The minimum atomic E-state index is -1.24. The highest BCUT2D eigenvalue weighted by Crippen LogP contribution is 2.34.